The van der Waals surface area contributed by atoms with Crippen molar-refractivity contribution in [3.63, 3.8) is 0 Å². The highest BCUT2D eigenvalue weighted by molar-refractivity contribution is 6.46. The summed E-state index contributed by atoms with van der Waals surface area (Å²) in [6.07, 6.45) is 1.61. The molecule has 0 bridgehead atoms. The van der Waals surface area contributed by atoms with Gasteiger partial charge in [-0.1, -0.05) is 23.7 Å². The Bertz CT molecular complexity index is 995. The van der Waals surface area contributed by atoms with Crippen LogP contribution in [0.1, 0.15) is 30.0 Å². The van der Waals surface area contributed by atoms with E-state index in [1.807, 2.05) is 6.07 Å². The Balaban J connectivity index is 1.83. The SMILES string of the molecule is COc1cccc([C@H]2/C(=C(\O)c3ccc(Cl)cc3)C(=O)C(=O)N2C[C@H]2CCCO2)c1. The minimum Gasteiger partial charge on any atom is -0.507 e. The molecule has 2 atom stereocenters. The van der Waals surface area contributed by atoms with E-state index in [4.69, 9.17) is 21.1 Å². The second kappa shape index (κ2) is 8.50. The Morgan fingerprint density at radius 2 is 2.00 bits per heavy atom. The van der Waals surface area contributed by atoms with E-state index in [2.05, 4.69) is 0 Å². The zero-order valence-electron chi connectivity index (χ0n) is 16.5. The van der Waals surface area contributed by atoms with Crippen LogP contribution < -0.4 is 4.74 Å². The summed E-state index contributed by atoms with van der Waals surface area (Å²) in [5.74, 6) is -0.989. The third-order valence-electron chi connectivity index (χ3n) is 5.49. The lowest BCUT2D eigenvalue weighted by atomic mass is 9.95. The van der Waals surface area contributed by atoms with Gasteiger partial charge in [-0.2, -0.15) is 0 Å². The van der Waals surface area contributed by atoms with Crippen molar-refractivity contribution in [2.45, 2.75) is 25.0 Å². The number of aliphatic hydroxyl groups is 1. The maximum Gasteiger partial charge on any atom is 0.295 e. The van der Waals surface area contributed by atoms with Crippen molar-refractivity contribution in [3.8, 4) is 5.75 Å². The summed E-state index contributed by atoms with van der Waals surface area (Å²) in [6.45, 7) is 0.924. The van der Waals surface area contributed by atoms with Gasteiger partial charge in [-0.05, 0) is 54.8 Å². The minimum atomic E-state index is -0.736. The second-order valence-electron chi connectivity index (χ2n) is 7.37. The van der Waals surface area contributed by atoms with Gasteiger partial charge in [0.1, 0.15) is 11.5 Å². The third kappa shape index (κ3) is 3.80. The summed E-state index contributed by atoms with van der Waals surface area (Å²) in [5, 5.41) is 11.5. The highest BCUT2D eigenvalue weighted by Gasteiger charge is 2.47. The van der Waals surface area contributed by atoms with Crippen LogP contribution >= 0.6 is 11.6 Å². The Hall–Kier alpha value is -2.83. The molecule has 2 fully saturated rings. The normalized spacial score (nSPS) is 23.2. The number of Topliss-reactive ketones (excluding diaryl/α,β-unsaturated/α-hetero) is 1. The third-order valence-corrected chi connectivity index (χ3v) is 5.74. The molecule has 0 aliphatic carbocycles. The zero-order valence-corrected chi connectivity index (χ0v) is 17.3. The van der Waals surface area contributed by atoms with Crippen molar-refractivity contribution in [2.24, 2.45) is 0 Å². The van der Waals surface area contributed by atoms with Crippen molar-refractivity contribution in [1.82, 2.24) is 4.90 Å². The Kier molecular flexibility index (Phi) is 5.79. The maximum absolute atomic E-state index is 13.0. The van der Waals surface area contributed by atoms with E-state index >= 15 is 0 Å². The van der Waals surface area contributed by atoms with E-state index in [0.717, 1.165) is 12.8 Å². The molecule has 0 spiro atoms. The fourth-order valence-electron chi connectivity index (χ4n) is 4.00. The first-order valence-electron chi connectivity index (χ1n) is 9.79. The molecule has 0 aromatic heterocycles. The average Bonchev–Trinajstić information content (AvgIpc) is 3.36. The molecular formula is C23H22ClNO5. The van der Waals surface area contributed by atoms with Gasteiger partial charge in [0, 0.05) is 23.7 Å². The number of carbonyl (C=O) groups is 2. The van der Waals surface area contributed by atoms with E-state index in [1.54, 1.807) is 49.6 Å². The largest absolute Gasteiger partial charge is 0.507 e. The highest BCUT2D eigenvalue weighted by Crippen LogP contribution is 2.41. The van der Waals surface area contributed by atoms with E-state index in [0.29, 0.717) is 28.5 Å². The average molecular weight is 428 g/mol. The first-order valence-corrected chi connectivity index (χ1v) is 10.2. The summed E-state index contributed by atoms with van der Waals surface area (Å²) < 4.78 is 11.0. The van der Waals surface area contributed by atoms with Crippen LogP contribution in [0.2, 0.25) is 5.02 Å². The smallest absolute Gasteiger partial charge is 0.295 e. The highest BCUT2D eigenvalue weighted by atomic mass is 35.5. The second-order valence-corrected chi connectivity index (χ2v) is 7.81. The van der Waals surface area contributed by atoms with Gasteiger partial charge in [-0.25, -0.2) is 0 Å². The molecule has 1 N–H and O–H groups in total. The van der Waals surface area contributed by atoms with Crippen molar-refractivity contribution >= 4 is 29.1 Å². The van der Waals surface area contributed by atoms with Crippen LogP contribution in [0.4, 0.5) is 0 Å². The molecule has 6 nitrogen and oxygen atoms in total. The lowest BCUT2D eigenvalue weighted by molar-refractivity contribution is -0.140. The number of likely N-dealkylation sites (tertiary alicyclic amines) is 1. The number of amides is 1. The number of nitrogens with zero attached hydrogens (tertiary/aromatic N) is 1. The topological polar surface area (TPSA) is 76.1 Å². The number of hydrogen-bond donors (Lipinski definition) is 1. The lowest BCUT2D eigenvalue weighted by Crippen LogP contribution is -2.36. The molecule has 2 aromatic rings. The first-order chi connectivity index (χ1) is 14.5. The number of ether oxygens (including phenoxy) is 2. The Morgan fingerprint density at radius 1 is 1.23 bits per heavy atom. The molecule has 0 saturated carbocycles. The quantitative estimate of drug-likeness (QED) is 0.444. The van der Waals surface area contributed by atoms with Gasteiger partial charge >= 0.3 is 0 Å². The molecule has 2 aromatic carbocycles. The van der Waals surface area contributed by atoms with Crippen LogP contribution in [-0.2, 0) is 14.3 Å². The van der Waals surface area contributed by atoms with Gasteiger partial charge < -0.3 is 19.5 Å². The summed E-state index contributed by atoms with van der Waals surface area (Å²) in [6, 6.07) is 12.9. The number of halogens is 1. The van der Waals surface area contributed by atoms with Gasteiger partial charge in [-0.15, -0.1) is 0 Å². The van der Waals surface area contributed by atoms with E-state index in [1.165, 1.54) is 4.90 Å². The molecule has 0 radical (unpaired) electrons. The van der Waals surface area contributed by atoms with Gasteiger partial charge in [0.05, 0.1) is 24.8 Å². The molecule has 2 aliphatic heterocycles. The maximum atomic E-state index is 13.0. The molecule has 0 unspecified atom stereocenters. The molecule has 2 heterocycles. The molecule has 30 heavy (non-hydrogen) atoms. The van der Waals surface area contributed by atoms with Crippen molar-refractivity contribution in [1.29, 1.82) is 0 Å². The Labute approximate surface area is 179 Å². The number of methoxy groups -OCH3 is 1. The van der Waals surface area contributed by atoms with Crippen molar-refractivity contribution in [3.05, 3.63) is 70.3 Å². The summed E-state index contributed by atoms with van der Waals surface area (Å²) in [4.78, 5) is 27.5. The summed E-state index contributed by atoms with van der Waals surface area (Å²) in [5.41, 5.74) is 1.15. The van der Waals surface area contributed by atoms with Crippen LogP contribution in [0, 0.1) is 0 Å². The van der Waals surface area contributed by atoms with Gasteiger partial charge in [0.2, 0.25) is 0 Å². The standard InChI is InChI=1S/C23H22ClNO5/c1-29-17-5-2-4-15(12-17)20-19(21(26)14-7-9-16(24)10-8-14)22(27)23(28)25(20)13-18-6-3-11-30-18/h2,4-5,7-10,12,18,20,26H,3,6,11,13H2,1H3/b21-19+/t18-,20+/m1/s1. The van der Waals surface area contributed by atoms with Gasteiger partial charge in [-0.3, -0.25) is 9.59 Å². The zero-order chi connectivity index (χ0) is 21.3. The molecule has 2 saturated heterocycles. The fraction of sp³-hybridized carbons (Fsp3) is 0.304. The van der Waals surface area contributed by atoms with Crippen molar-refractivity contribution in [2.75, 3.05) is 20.3 Å². The number of benzene rings is 2. The molecular weight excluding hydrogens is 406 g/mol. The molecule has 4 rings (SSSR count). The van der Waals surface area contributed by atoms with Crippen LogP contribution in [-0.4, -0.2) is 48.1 Å². The number of carbonyl (C=O) groups excluding carboxylic acids is 2. The van der Waals surface area contributed by atoms with Crippen LogP contribution in [0.25, 0.3) is 5.76 Å². The van der Waals surface area contributed by atoms with Gasteiger partial charge in [0.25, 0.3) is 11.7 Å². The monoisotopic (exact) mass is 427 g/mol. The van der Waals surface area contributed by atoms with E-state index < -0.39 is 17.7 Å². The fourth-order valence-corrected chi connectivity index (χ4v) is 4.12. The van der Waals surface area contributed by atoms with Crippen LogP contribution in [0.5, 0.6) is 5.75 Å². The molecule has 7 heteroatoms. The molecule has 2 aliphatic rings. The molecule has 156 valence electrons. The summed E-state index contributed by atoms with van der Waals surface area (Å²) >= 11 is 5.95. The minimum absolute atomic E-state index is 0.0496. The first kappa shape index (κ1) is 20.4. The van der Waals surface area contributed by atoms with Crippen LogP contribution in [0.3, 0.4) is 0 Å². The summed E-state index contributed by atoms with van der Waals surface area (Å²) in [7, 11) is 1.55. The lowest BCUT2D eigenvalue weighted by Gasteiger charge is -2.27. The van der Waals surface area contributed by atoms with E-state index in [-0.39, 0.29) is 24.0 Å². The Morgan fingerprint density at radius 3 is 2.67 bits per heavy atom. The number of ketones is 1. The van der Waals surface area contributed by atoms with Crippen LogP contribution in [0.15, 0.2) is 54.1 Å². The number of rotatable bonds is 5. The number of aliphatic hydroxyl groups excluding tert-OH is 1. The van der Waals surface area contributed by atoms with Gasteiger partial charge in [0.15, 0.2) is 0 Å². The predicted molar refractivity (Wildman–Crippen MR) is 112 cm³/mol. The molecule has 1 amide bonds. The number of hydrogen-bond acceptors (Lipinski definition) is 5. The van der Waals surface area contributed by atoms with Crippen molar-refractivity contribution < 1.29 is 24.2 Å². The predicted octanol–water partition coefficient (Wildman–Crippen LogP) is 3.95. The van der Waals surface area contributed by atoms with E-state index in [9.17, 15) is 14.7 Å².